The number of hydrogen-bond donors (Lipinski definition) is 2. The maximum absolute atomic E-state index is 12.4. The van der Waals surface area contributed by atoms with Crippen molar-refractivity contribution in [2.75, 3.05) is 6.54 Å². The zero-order chi connectivity index (χ0) is 15.5. The standard InChI is InChI=1S/C14H22N2O3S/c1-6-15-14(17)12(5)16-20(18,19)13-10(3)7-9(2)8-11(13)4/h7-8,12,16H,6H2,1-5H3,(H,15,17)/t12-/m0/s1. The van der Waals surface area contributed by atoms with E-state index >= 15 is 0 Å². The highest BCUT2D eigenvalue weighted by Crippen LogP contribution is 2.21. The second kappa shape index (κ2) is 6.37. The Morgan fingerprint density at radius 2 is 1.70 bits per heavy atom. The van der Waals surface area contributed by atoms with Crippen LogP contribution in [0.4, 0.5) is 0 Å². The molecular formula is C14H22N2O3S. The Bertz CT molecular complexity index is 586. The molecule has 0 heterocycles. The number of carbonyl (C=O) groups excluding carboxylic acids is 1. The van der Waals surface area contributed by atoms with Crippen LogP contribution in [0.25, 0.3) is 0 Å². The van der Waals surface area contributed by atoms with Gasteiger partial charge >= 0.3 is 0 Å². The van der Waals surface area contributed by atoms with Crippen molar-refractivity contribution < 1.29 is 13.2 Å². The Morgan fingerprint density at radius 1 is 1.20 bits per heavy atom. The summed E-state index contributed by atoms with van der Waals surface area (Å²) >= 11 is 0. The van der Waals surface area contributed by atoms with Gasteiger partial charge in [-0.15, -0.1) is 0 Å². The fourth-order valence-corrected chi connectivity index (χ4v) is 3.92. The molecule has 0 aliphatic heterocycles. The maximum atomic E-state index is 12.4. The summed E-state index contributed by atoms with van der Waals surface area (Å²) < 4.78 is 27.2. The van der Waals surface area contributed by atoms with E-state index < -0.39 is 16.1 Å². The molecule has 6 heteroatoms. The predicted molar refractivity (Wildman–Crippen MR) is 79.1 cm³/mol. The number of carbonyl (C=O) groups is 1. The molecule has 0 aliphatic carbocycles. The van der Waals surface area contributed by atoms with Gasteiger partial charge in [0.2, 0.25) is 15.9 Å². The van der Waals surface area contributed by atoms with Crippen molar-refractivity contribution in [2.45, 2.75) is 45.6 Å². The van der Waals surface area contributed by atoms with Gasteiger partial charge in [0.05, 0.1) is 10.9 Å². The van der Waals surface area contributed by atoms with Crippen LogP contribution in [0.3, 0.4) is 0 Å². The minimum atomic E-state index is -3.71. The fourth-order valence-electron chi connectivity index (χ4n) is 2.26. The number of sulfonamides is 1. The van der Waals surface area contributed by atoms with Gasteiger partial charge in [0.1, 0.15) is 0 Å². The number of benzene rings is 1. The van der Waals surface area contributed by atoms with Gasteiger partial charge in [0, 0.05) is 6.54 Å². The molecule has 1 atom stereocenters. The van der Waals surface area contributed by atoms with Gasteiger partial charge < -0.3 is 5.32 Å². The van der Waals surface area contributed by atoms with Crippen molar-refractivity contribution in [2.24, 2.45) is 0 Å². The molecule has 20 heavy (non-hydrogen) atoms. The lowest BCUT2D eigenvalue weighted by atomic mass is 10.1. The summed E-state index contributed by atoms with van der Waals surface area (Å²) in [5.41, 5.74) is 2.37. The third kappa shape index (κ3) is 3.80. The lowest BCUT2D eigenvalue weighted by molar-refractivity contribution is -0.122. The number of rotatable bonds is 5. The molecule has 0 saturated heterocycles. The maximum Gasteiger partial charge on any atom is 0.241 e. The number of likely N-dealkylation sites (N-methyl/N-ethyl adjacent to an activating group) is 1. The van der Waals surface area contributed by atoms with E-state index in [0.29, 0.717) is 17.7 Å². The summed E-state index contributed by atoms with van der Waals surface area (Å²) in [5, 5.41) is 2.59. The van der Waals surface area contributed by atoms with Crippen molar-refractivity contribution in [1.82, 2.24) is 10.0 Å². The number of hydrogen-bond acceptors (Lipinski definition) is 3. The molecule has 0 bridgehead atoms. The minimum absolute atomic E-state index is 0.249. The average Bonchev–Trinajstić information content (AvgIpc) is 2.26. The smallest absolute Gasteiger partial charge is 0.241 e. The van der Waals surface area contributed by atoms with E-state index in [4.69, 9.17) is 0 Å². The Balaban J connectivity index is 3.10. The van der Waals surface area contributed by atoms with Crippen molar-refractivity contribution in [1.29, 1.82) is 0 Å². The minimum Gasteiger partial charge on any atom is -0.355 e. The van der Waals surface area contributed by atoms with Gasteiger partial charge in [-0.2, -0.15) is 4.72 Å². The molecule has 1 aromatic rings. The third-order valence-electron chi connectivity index (χ3n) is 2.95. The summed E-state index contributed by atoms with van der Waals surface area (Å²) in [6.07, 6.45) is 0. The molecule has 0 aromatic heterocycles. The first-order chi connectivity index (χ1) is 9.19. The molecule has 0 saturated carbocycles. The Kier molecular flexibility index (Phi) is 5.30. The van der Waals surface area contributed by atoms with Crippen molar-refractivity contribution in [3.8, 4) is 0 Å². The van der Waals surface area contributed by atoms with Gasteiger partial charge in [0.15, 0.2) is 0 Å². The molecule has 0 spiro atoms. The van der Waals surface area contributed by atoms with Crippen LogP contribution in [0, 0.1) is 20.8 Å². The summed E-state index contributed by atoms with van der Waals surface area (Å²) in [4.78, 5) is 11.9. The summed E-state index contributed by atoms with van der Waals surface area (Å²) in [7, 11) is -3.71. The van der Waals surface area contributed by atoms with Crippen LogP contribution in [0.2, 0.25) is 0 Å². The largest absolute Gasteiger partial charge is 0.355 e. The predicted octanol–water partition coefficient (Wildman–Crippen LogP) is 1.41. The van der Waals surface area contributed by atoms with Gasteiger partial charge in [0.25, 0.3) is 0 Å². The van der Waals surface area contributed by atoms with Crippen LogP contribution in [0.15, 0.2) is 17.0 Å². The van der Waals surface area contributed by atoms with Crippen LogP contribution in [-0.2, 0) is 14.8 Å². The average molecular weight is 298 g/mol. The van der Waals surface area contributed by atoms with E-state index in [1.807, 2.05) is 19.1 Å². The van der Waals surface area contributed by atoms with E-state index in [1.54, 1.807) is 20.8 Å². The van der Waals surface area contributed by atoms with Crippen molar-refractivity contribution in [3.63, 3.8) is 0 Å². The Morgan fingerprint density at radius 3 is 2.15 bits per heavy atom. The first-order valence-electron chi connectivity index (χ1n) is 6.57. The van der Waals surface area contributed by atoms with Gasteiger partial charge in [-0.1, -0.05) is 17.7 Å². The highest BCUT2D eigenvalue weighted by atomic mass is 32.2. The normalized spacial score (nSPS) is 13.1. The highest BCUT2D eigenvalue weighted by molar-refractivity contribution is 7.89. The van der Waals surface area contributed by atoms with Crippen LogP contribution < -0.4 is 10.0 Å². The van der Waals surface area contributed by atoms with Crippen molar-refractivity contribution >= 4 is 15.9 Å². The lowest BCUT2D eigenvalue weighted by Crippen LogP contribution is -2.44. The van der Waals surface area contributed by atoms with Crippen LogP contribution in [0.5, 0.6) is 0 Å². The van der Waals surface area contributed by atoms with Crippen molar-refractivity contribution in [3.05, 3.63) is 28.8 Å². The first kappa shape index (κ1) is 16.7. The molecule has 5 nitrogen and oxygen atoms in total. The molecule has 0 aliphatic rings. The SMILES string of the molecule is CCNC(=O)[C@H](C)NS(=O)(=O)c1c(C)cc(C)cc1C. The van der Waals surface area contributed by atoms with Gasteiger partial charge in [-0.05, 0) is 45.7 Å². The second-order valence-corrected chi connectivity index (χ2v) is 6.62. The molecular weight excluding hydrogens is 276 g/mol. The zero-order valence-electron chi connectivity index (χ0n) is 12.6. The quantitative estimate of drug-likeness (QED) is 0.863. The first-order valence-corrected chi connectivity index (χ1v) is 8.05. The number of aryl methyl sites for hydroxylation is 3. The summed E-state index contributed by atoms with van der Waals surface area (Å²) in [5.74, 6) is -0.335. The Labute approximate surface area is 120 Å². The molecule has 2 N–H and O–H groups in total. The molecule has 0 unspecified atom stereocenters. The van der Waals surface area contributed by atoms with Crippen LogP contribution >= 0.6 is 0 Å². The van der Waals surface area contributed by atoms with E-state index in [9.17, 15) is 13.2 Å². The topological polar surface area (TPSA) is 75.3 Å². The summed E-state index contributed by atoms with van der Waals surface area (Å²) in [6, 6.07) is 2.83. The van der Waals surface area contributed by atoms with Crippen LogP contribution in [-0.4, -0.2) is 26.9 Å². The lowest BCUT2D eigenvalue weighted by Gasteiger charge is -2.17. The highest BCUT2D eigenvalue weighted by Gasteiger charge is 2.24. The zero-order valence-corrected chi connectivity index (χ0v) is 13.4. The fraction of sp³-hybridized carbons (Fsp3) is 0.500. The molecule has 1 aromatic carbocycles. The third-order valence-corrected chi connectivity index (χ3v) is 4.79. The second-order valence-electron chi connectivity index (χ2n) is 4.97. The number of nitrogens with one attached hydrogen (secondary N) is 2. The van der Waals surface area contributed by atoms with Gasteiger partial charge in [-0.3, -0.25) is 4.79 Å². The molecule has 1 rings (SSSR count). The molecule has 112 valence electrons. The molecule has 0 fully saturated rings. The van der Waals surface area contributed by atoms with E-state index in [1.165, 1.54) is 6.92 Å². The van der Waals surface area contributed by atoms with E-state index in [0.717, 1.165) is 5.56 Å². The molecule has 1 amide bonds. The monoisotopic (exact) mass is 298 g/mol. The van der Waals surface area contributed by atoms with Gasteiger partial charge in [-0.25, -0.2) is 8.42 Å². The Hall–Kier alpha value is -1.40. The molecule has 0 radical (unpaired) electrons. The van der Waals surface area contributed by atoms with Crippen LogP contribution in [0.1, 0.15) is 30.5 Å². The number of amides is 1. The summed E-state index contributed by atoms with van der Waals surface area (Å²) in [6.45, 7) is 9.21. The van der Waals surface area contributed by atoms with E-state index in [2.05, 4.69) is 10.0 Å². The van der Waals surface area contributed by atoms with E-state index in [-0.39, 0.29) is 10.8 Å².